The van der Waals surface area contributed by atoms with Crippen molar-refractivity contribution in [1.82, 2.24) is 5.32 Å². The number of rotatable bonds is 7. The molecule has 0 saturated heterocycles. The van der Waals surface area contributed by atoms with Crippen LogP contribution in [0.1, 0.15) is 43.0 Å². The number of hydrogen-bond donors (Lipinski definition) is 1. The summed E-state index contributed by atoms with van der Waals surface area (Å²) in [6, 6.07) is 4.61. The molecule has 21 heavy (non-hydrogen) atoms. The van der Waals surface area contributed by atoms with Crippen molar-refractivity contribution in [2.24, 2.45) is 11.3 Å². The second-order valence-electron chi connectivity index (χ2n) is 7.34. The van der Waals surface area contributed by atoms with Gasteiger partial charge in [0.25, 0.3) is 0 Å². The standard InChI is InChI=1S/C19H33NO/c1-14-10-15(2)18(16(3)11-14)12-17(19(4,5)6)13-20-8-9-21-7/h10-11,17,20H,8-9,12-13H2,1-7H3. The zero-order chi connectivity index (χ0) is 16.0. The Morgan fingerprint density at radius 2 is 1.67 bits per heavy atom. The summed E-state index contributed by atoms with van der Waals surface area (Å²) in [6.45, 7) is 16.4. The largest absolute Gasteiger partial charge is 0.383 e. The third-order valence-corrected chi connectivity index (χ3v) is 4.39. The number of nitrogens with one attached hydrogen (secondary N) is 1. The molecule has 0 spiro atoms. The second-order valence-corrected chi connectivity index (χ2v) is 7.34. The van der Waals surface area contributed by atoms with Gasteiger partial charge in [-0.05, 0) is 61.8 Å². The van der Waals surface area contributed by atoms with Gasteiger partial charge in [0.2, 0.25) is 0 Å². The summed E-state index contributed by atoms with van der Waals surface area (Å²) >= 11 is 0. The lowest BCUT2D eigenvalue weighted by Gasteiger charge is -2.32. The van der Waals surface area contributed by atoms with E-state index < -0.39 is 0 Å². The van der Waals surface area contributed by atoms with Gasteiger partial charge in [0.05, 0.1) is 6.61 Å². The summed E-state index contributed by atoms with van der Waals surface area (Å²) in [5.41, 5.74) is 6.04. The van der Waals surface area contributed by atoms with E-state index in [4.69, 9.17) is 4.74 Å². The van der Waals surface area contributed by atoms with Gasteiger partial charge in [-0.3, -0.25) is 0 Å². The van der Waals surface area contributed by atoms with E-state index in [1.54, 1.807) is 7.11 Å². The first-order chi connectivity index (χ1) is 9.75. The number of benzene rings is 1. The van der Waals surface area contributed by atoms with E-state index in [0.717, 1.165) is 26.1 Å². The molecule has 0 fully saturated rings. The molecular weight excluding hydrogens is 258 g/mol. The Kier molecular flexibility index (Phi) is 6.89. The summed E-state index contributed by atoms with van der Waals surface area (Å²) in [6.07, 6.45) is 1.14. The van der Waals surface area contributed by atoms with Gasteiger partial charge in [-0.15, -0.1) is 0 Å². The second kappa shape index (κ2) is 7.95. The molecule has 0 bridgehead atoms. The fourth-order valence-corrected chi connectivity index (χ4v) is 2.91. The molecule has 0 radical (unpaired) electrons. The predicted molar refractivity (Wildman–Crippen MR) is 92.0 cm³/mol. The van der Waals surface area contributed by atoms with Crippen molar-refractivity contribution in [3.05, 3.63) is 34.4 Å². The third-order valence-electron chi connectivity index (χ3n) is 4.39. The summed E-state index contributed by atoms with van der Waals surface area (Å²) in [5.74, 6) is 0.620. The maximum Gasteiger partial charge on any atom is 0.0587 e. The predicted octanol–water partition coefficient (Wildman–Crippen LogP) is 4.05. The molecule has 2 nitrogen and oxygen atoms in total. The molecule has 0 aliphatic rings. The molecule has 0 aliphatic carbocycles. The van der Waals surface area contributed by atoms with Crippen LogP contribution in [0.4, 0.5) is 0 Å². The maximum absolute atomic E-state index is 5.12. The molecule has 0 aromatic heterocycles. The van der Waals surface area contributed by atoms with E-state index in [2.05, 4.69) is 59.0 Å². The van der Waals surface area contributed by atoms with Gasteiger partial charge >= 0.3 is 0 Å². The highest BCUT2D eigenvalue weighted by molar-refractivity contribution is 5.37. The van der Waals surface area contributed by atoms with Crippen LogP contribution in [0.5, 0.6) is 0 Å². The van der Waals surface area contributed by atoms with Crippen molar-refractivity contribution in [3.63, 3.8) is 0 Å². The molecule has 1 atom stereocenters. The first-order valence-electron chi connectivity index (χ1n) is 8.02. The monoisotopic (exact) mass is 291 g/mol. The van der Waals surface area contributed by atoms with E-state index in [0.29, 0.717) is 11.3 Å². The number of aryl methyl sites for hydroxylation is 3. The molecule has 2 heteroatoms. The minimum absolute atomic E-state index is 0.295. The van der Waals surface area contributed by atoms with Crippen molar-refractivity contribution in [2.75, 3.05) is 26.8 Å². The van der Waals surface area contributed by atoms with Gasteiger partial charge in [0, 0.05) is 13.7 Å². The van der Waals surface area contributed by atoms with Gasteiger partial charge in [-0.1, -0.05) is 38.5 Å². The highest BCUT2D eigenvalue weighted by Crippen LogP contribution is 2.31. The Labute approximate surface area is 131 Å². The highest BCUT2D eigenvalue weighted by atomic mass is 16.5. The average Bonchev–Trinajstić information content (AvgIpc) is 2.34. The summed E-state index contributed by atoms with van der Waals surface area (Å²) < 4.78 is 5.12. The van der Waals surface area contributed by atoms with E-state index in [1.807, 2.05) is 0 Å². The molecule has 0 heterocycles. The van der Waals surface area contributed by atoms with Crippen LogP contribution in [-0.2, 0) is 11.2 Å². The zero-order valence-corrected chi connectivity index (χ0v) is 15.0. The maximum atomic E-state index is 5.12. The van der Waals surface area contributed by atoms with Crippen molar-refractivity contribution in [2.45, 2.75) is 48.0 Å². The molecule has 120 valence electrons. The molecule has 1 unspecified atom stereocenters. The van der Waals surface area contributed by atoms with Gasteiger partial charge in [-0.2, -0.15) is 0 Å². The molecule has 1 N–H and O–H groups in total. The first kappa shape index (κ1) is 18.2. The minimum Gasteiger partial charge on any atom is -0.383 e. The van der Waals surface area contributed by atoms with Crippen molar-refractivity contribution >= 4 is 0 Å². The Bertz CT molecular complexity index is 422. The Morgan fingerprint density at radius 1 is 1.10 bits per heavy atom. The first-order valence-corrected chi connectivity index (χ1v) is 8.02. The summed E-state index contributed by atoms with van der Waals surface area (Å²) in [7, 11) is 1.75. The van der Waals surface area contributed by atoms with Crippen molar-refractivity contribution in [1.29, 1.82) is 0 Å². The zero-order valence-electron chi connectivity index (χ0n) is 15.0. The molecular formula is C19H33NO. The lowest BCUT2D eigenvalue weighted by Crippen LogP contribution is -2.35. The van der Waals surface area contributed by atoms with Crippen LogP contribution >= 0.6 is 0 Å². The quantitative estimate of drug-likeness (QED) is 0.765. The Morgan fingerprint density at radius 3 is 2.14 bits per heavy atom. The van der Waals surface area contributed by atoms with Crippen molar-refractivity contribution in [3.8, 4) is 0 Å². The summed E-state index contributed by atoms with van der Waals surface area (Å²) in [5, 5.41) is 3.54. The number of hydrogen-bond acceptors (Lipinski definition) is 2. The van der Waals surface area contributed by atoms with Crippen LogP contribution < -0.4 is 5.32 Å². The van der Waals surface area contributed by atoms with Crippen LogP contribution in [0, 0.1) is 32.1 Å². The normalized spacial score (nSPS) is 13.5. The smallest absolute Gasteiger partial charge is 0.0587 e. The van der Waals surface area contributed by atoms with Crippen molar-refractivity contribution < 1.29 is 4.74 Å². The van der Waals surface area contributed by atoms with E-state index in [-0.39, 0.29) is 0 Å². The molecule has 1 rings (SSSR count). The van der Waals surface area contributed by atoms with Crippen LogP contribution in [0.3, 0.4) is 0 Å². The SMILES string of the molecule is COCCNCC(Cc1c(C)cc(C)cc1C)C(C)(C)C. The molecule has 0 amide bonds. The number of ether oxygens (including phenoxy) is 1. The molecule has 1 aromatic rings. The van der Waals surface area contributed by atoms with Gasteiger partial charge in [-0.25, -0.2) is 0 Å². The fourth-order valence-electron chi connectivity index (χ4n) is 2.91. The van der Waals surface area contributed by atoms with E-state index in [1.165, 1.54) is 22.3 Å². The lowest BCUT2D eigenvalue weighted by atomic mass is 9.76. The van der Waals surface area contributed by atoms with E-state index in [9.17, 15) is 0 Å². The Hall–Kier alpha value is -0.860. The van der Waals surface area contributed by atoms with Gasteiger partial charge in [0.15, 0.2) is 0 Å². The van der Waals surface area contributed by atoms with Crippen LogP contribution in [0.2, 0.25) is 0 Å². The van der Waals surface area contributed by atoms with Crippen LogP contribution in [0.15, 0.2) is 12.1 Å². The van der Waals surface area contributed by atoms with E-state index >= 15 is 0 Å². The number of methoxy groups -OCH3 is 1. The van der Waals surface area contributed by atoms with Gasteiger partial charge in [0.1, 0.15) is 0 Å². The Balaban J connectivity index is 2.82. The topological polar surface area (TPSA) is 21.3 Å². The highest BCUT2D eigenvalue weighted by Gasteiger charge is 2.25. The molecule has 0 aliphatic heterocycles. The van der Waals surface area contributed by atoms with Crippen LogP contribution in [0.25, 0.3) is 0 Å². The third kappa shape index (κ3) is 5.80. The average molecular weight is 291 g/mol. The molecule has 1 aromatic carbocycles. The fraction of sp³-hybridized carbons (Fsp3) is 0.684. The van der Waals surface area contributed by atoms with Gasteiger partial charge < -0.3 is 10.1 Å². The van der Waals surface area contributed by atoms with Crippen LogP contribution in [-0.4, -0.2) is 26.8 Å². The minimum atomic E-state index is 0.295. The summed E-state index contributed by atoms with van der Waals surface area (Å²) in [4.78, 5) is 0. The molecule has 0 saturated carbocycles. The lowest BCUT2D eigenvalue weighted by molar-refractivity contribution is 0.186.